The molecule has 0 bridgehead atoms. The Hall–Kier alpha value is -0.760. The van der Waals surface area contributed by atoms with Gasteiger partial charge in [0.15, 0.2) is 0 Å². The highest BCUT2D eigenvalue weighted by atomic mass is 16.5. The molecule has 10 heavy (non-hydrogen) atoms. The van der Waals surface area contributed by atoms with Gasteiger partial charge in [0, 0.05) is 5.92 Å². The van der Waals surface area contributed by atoms with E-state index in [9.17, 15) is 5.11 Å². The Morgan fingerprint density at radius 1 is 1.50 bits per heavy atom. The van der Waals surface area contributed by atoms with Crippen LogP contribution >= 0.6 is 0 Å². The van der Waals surface area contributed by atoms with Gasteiger partial charge < -0.3 is 9.84 Å². The first-order chi connectivity index (χ1) is 4.61. The van der Waals surface area contributed by atoms with Crippen molar-refractivity contribution in [3.8, 4) is 0 Å². The maximum Gasteiger partial charge on any atom is 0.125 e. The van der Waals surface area contributed by atoms with Crippen molar-refractivity contribution in [2.45, 2.75) is 19.4 Å². The van der Waals surface area contributed by atoms with Gasteiger partial charge in [0.25, 0.3) is 0 Å². The molecule has 1 fully saturated rings. The molecule has 0 aromatic rings. The number of hydrogen-bond acceptors (Lipinski definition) is 2. The molecule has 56 valence electrons. The molecule has 0 spiro atoms. The number of rotatable bonds is 0. The average Bonchev–Trinajstić information content (AvgIpc) is 1.84. The van der Waals surface area contributed by atoms with E-state index >= 15 is 0 Å². The number of ether oxygens (including phenoxy) is 1. The summed E-state index contributed by atoms with van der Waals surface area (Å²) in [4.78, 5) is 0. The third kappa shape index (κ3) is 1.21. The quantitative estimate of drug-likeness (QED) is 0.551. The van der Waals surface area contributed by atoms with Crippen molar-refractivity contribution in [1.82, 2.24) is 0 Å². The first-order valence-corrected chi connectivity index (χ1v) is 3.34. The molecule has 0 amide bonds. The topological polar surface area (TPSA) is 29.5 Å². The van der Waals surface area contributed by atoms with Gasteiger partial charge in [-0.05, 0) is 6.42 Å². The molecule has 2 unspecified atom stereocenters. The van der Waals surface area contributed by atoms with Crippen LogP contribution in [0.25, 0.3) is 0 Å². The lowest BCUT2D eigenvalue weighted by Crippen LogP contribution is -2.23. The lowest BCUT2D eigenvalue weighted by Gasteiger charge is -2.27. The average molecular weight is 140 g/mol. The Morgan fingerprint density at radius 2 is 2.10 bits per heavy atom. The molecule has 2 heteroatoms. The zero-order chi connectivity index (χ0) is 7.72. The summed E-state index contributed by atoms with van der Waals surface area (Å²) < 4.78 is 5.07. The summed E-state index contributed by atoms with van der Waals surface area (Å²) in [6, 6.07) is 0. The monoisotopic (exact) mass is 140 g/mol. The van der Waals surface area contributed by atoms with Gasteiger partial charge in [0.05, 0.1) is 5.76 Å². The third-order valence-corrected chi connectivity index (χ3v) is 1.76. The van der Waals surface area contributed by atoms with Crippen LogP contribution in [0.15, 0.2) is 24.7 Å². The number of hydrogen-bond donors (Lipinski definition) is 1. The third-order valence-electron chi connectivity index (χ3n) is 1.76. The van der Waals surface area contributed by atoms with Crippen molar-refractivity contribution in [3.05, 3.63) is 24.7 Å². The molecule has 1 heterocycles. The minimum atomic E-state index is -0.513. The zero-order valence-electron chi connectivity index (χ0n) is 6.13. The molecule has 0 radical (unpaired) electrons. The Morgan fingerprint density at radius 3 is 2.60 bits per heavy atom. The Labute approximate surface area is 60.8 Å². The van der Waals surface area contributed by atoms with E-state index in [-0.39, 0.29) is 5.92 Å². The minimum absolute atomic E-state index is 0.237. The van der Waals surface area contributed by atoms with Crippen LogP contribution in [0.1, 0.15) is 13.3 Å². The van der Waals surface area contributed by atoms with Crippen LogP contribution in [-0.4, -0.2) is 11.2 Å². The van der Waals surface area contributed by atoms with Gasteiger partial charge in [-0.3, -0.25) is 0 Å². The first-order valence-electron chi connectivity index (χ1n) is 3.34. The maximum absolute atomic E-state index is 9.20. The van der Waals surface area contributed by atoms with Crippen LogP contribution in [0, 0.1) is 5.92 Å². The van der Waals surface area contributed by atoms with Gasteiger partial charge in [0.2, 0.25) is 0 Å². The van der Waals surface area contributed by atoms with E-state index in [1.54, 1.807) is 0 Å². The van der Waals surface area contributed by atoms with Crippen LogP contribution in [0.2, 0.25) is 0 Å². The maximum atomic E-state index is 9.20. The molecule has 2 atom stereocenters. The van der Waals surface area contributed by atoms with E-state index in [0.29, 0.717) is 17.9 Å². The van der Waals surface area contributed by atoms with Crippen LogP contribution < -0.4 is 0 Å². The van der Waals surface area contributed by atoms with E-state index in [1.807, 2.05) is 6.92 Å². The molecule has 0 aromatic heterocycles. The smallest absolute Gasteiger partial charge is 0.125 e. The summed E-state index contributed by atoms with van der Waals surface area (Å²) >= 11 is 0. The fraction of sp³-hybridized carbons (Fsp3) is 0.500. The molecule has 0 aromatic carbocycles. The van der Waals surface area contributed by atoms with Gasteiger partial charge >= 0.3 is 0 Å². The molecule has 1 N–H and O–H groups in total. The summed E-state index contributed by atoms with van der Waals surface area (Å²) in [5.74, 6) is 1.36. The standard InChI is InChI=1S/C8H12O2/c1-5-4-8(9)7(3)10-6(5)2/h5,8-9H,2-4H2,1H3. The highest BCUT2D eigenvalue weighted by Crippen LogP contribution is 2.27. The van der Waals surface area contributed by atoms with Gasteiger partial charge in [-0.15, -0.1) is 0 Å². The number of allylic oxidation sites excluding steroid dienone is 1. The largest absolute Gasteiger partial charge is 0.464 e. The predicted octanol–water partition coefficient (Wildman–Crippen LogP) is 1.43. The van der Waals surface area contributed by atoms with Crippen molar-refractivity contribution in [2.75, 3.05) is 0 Å². The lowest BCUT2D eigenvalue weighted by molar-refractivity contribution is 0.0700. The second-order valence-electron chi connectivity index (χ2n) is 2.69. The van der Waals surface area contributed by atoms with Crippen LogP contribution in [0.4, 0.5) is 0 Å². The summed E-state index contributed by atoms with van der Waals surface area (Å²) in [6.07, 6.45) is 0.165. The molecule has 0 aliphatic carbocycles. The minimum Gasteiger partial charge on any atom is -0.464 e. The van der Waals surface area contributed by atoms with E-state index in [2.05, 4.69) is 13.2 Å². The first kappa shape index (κ1) is 7.35. The Bertz CT molecular complexity index is 154. The molecular weight excluding hydrogens is 128 g/mol. The predicted molar refractivity (Wildman–Crippen MR) is 39.2 cm³/mol. The second kappa shape index (κ2) is 2.46. The van der Waals surface area contributed by atoms with Gasteiger partial charge in [0.1, 0.15) is 11.9 Å². The molecule has 0 saturated carbocycles. The fourth-order valence-electron chi connectivity index (χ4n) is 0.935. The second-order valence-corrected chi connectivity index (χ2v) is 2.69. The van der Waals surface area contributed by atoms with Crippen LogP contribution in [0.3, 0.4) is 0 Å². The normalized spacial score (nSPS) is 33.8. The summed E-state index contributed by atoms with van der Waals surface area (Å²) in [6.45, 7) is 9.20. The fourth-order valence-corrected chi connectivity index (χ4v) is 0.935. The highest BCUT2D eigenvalue weighted by Gasteiger charge is 2.24. The van der Waals surface area contributed by atoms with Crippen LogP contribution in [0.5, 0.6) is 0 Å². The van der Waals surface area contributed by atoms with Crippen LogP contribution in [-0.2, 0) is 4.74 Å². The van der Waals surface area contributed by atoms with E-state index in [0.717, 1.165) is 0 Å². The van der Waals surface area contributed by atoms with Gasteiger partial charge in [-0.1, -0.05) is 20.1 Å². The van der Waals surface area contributed by atoms with Gasteiger partial charge in [-0.25, -0.2) is 0 Å². The van der Waals surface area contributed by atoms with Crippen molar-refractivity contribution < 1.29 is 9.84 Å². The molecule has 2 nitrogen and oxygen atoms in total. The van der Waals surface area contributed by atoms with E-state index < -0.39 is 6.10 Å². The SMILES string of the molecule is C=C1OC(=C)C(O)CC1C. The molecule has 1 aliphatic heterocycles. The van der Waals surface area contributed by atoms with E-state index in [1.165, 1.54) is 0 Å². The molecule has 1 saturated heterocycles. The summed E-state index contributed by atoms with van der Waals surface area (Å²) in [5, 5.41) is 9.20. The van der Waals surface area contributed by atoms with Crippen molar-refractivity contribution >= 4 is 0 Å². The summed E-state index contributed by atoms with van der Waals surface area (Å²) in [7, 11) is 0. The number of aliphatic hydroxyl groups is 1. The Balaban J connectivity index is 2.63. The van der Waals surface area contributed by atoms with Crippen molar-refractivity contribution in [3.63, 3.8) is 0 Å². The molecular formula is C8H12O2. The van der Waals surface area contributed by atoms with E-state index in [4.69, 9.17) is 4.74 Å². The zero-order valence-corrected chi connectivity index (χ0v) is 6.13. The van der Waals surface area contributed by atoms with Crippen molar-refractivity contribution in [1.29, 1.82) is 0 Å². The van der Waals surface area contributed by atoms with Crippen molar-refractivity contribution in [2.24, 2.45) is 5.92 Å². The highest BCUT2D eigenvalue weighted by molar-refractivity contribution is 5.07. The molecule has 1 rings (SSSR count). The Kier molecular flexibility index (Phi) is 1.81. The molecule has 1 aliphatic rings. The summed E-state index contributed by atoms with van der Waals surface area (Å²) in [5.41, 5.74) is 0. The van der Waals surface area contributed by atoms with Gasteiger partial charge in [-0.2, -0.15) is 0 Å². The number of aliphatic hydroxyl groups excluding tert-OH is 1. The lowest BCUT2D eigenvalue weighted by atomic mass is 9.98.